The zero-order chi connectivity index (χ0) is 18.9. The molecule has 0 unspecified atom stereocenters. The van der Waals surface area contributed by atoms with Gasteiger partial charge in [-0.3, -0.25) is 14.7 Å². The number of rotatable bonds is 7. The van der Waals surface area contributed by atoms with Crippen molar-refractivity contribution in [2.75, 3.05) is 39.8 Å². The van der Waals surface area contributed by atoms with Crippen molar-refractivity contribution in [3.8, 4) is 0 Å². The van der Waals surface area contributed by atoms with E-state index >= 15 is 0 Å². The quantitative estimate of drug-likeness (QED) is 0.213. The van der Waals surface area contributed by atoms with Crippen LogP contribution >= 0.6 is 0 Å². The largest absolute Gasteiger partial charge is 0.444 e. The normalized spacial score (nSPS) is 15.0. The van der Waals surface area contributed by atoms with E-state index in [-0.39, 0.29) is 25.0 Å². The summed E-state index contributed by atoms with van der Waals surface area (Å²) >= 11 is 0. The highest BCUT2D eigenvalue weighted by molar-refractivity contribution is 6.01. The van der Waals surface area contributed by atoms with Crippen molar-refractivity contribution in [3.63, 3.8) is 0 Å². The predicted molar refractivity (Wildman–Crippen MR) is 93.3 cm³/mol. The van der Waals surface area contributed by atoms with E-state index in [0.717, 1.165) is 4.90 Å². The molecule has 0 radical (unpaired) electrons. The molecule has 10 heteroatoms. The molecule has 1 aliphatic rings. The summed E-state index contributed by atoms with van der Waals surface area (Å²) in [5, 5.41) is 11.2. The van der Waals surface area contributed by atoms with E-state index in [2.05, 4.69) is 26.3 Å². The summed E-state index contributed by atoms with van der Waals surface area (Å²) in [4.78, 5) is 39.5. The molecule has 1 aliphatic heterocycles. The number of carbonyl (C=O) groups is 3. The Labute approximate surface area is 147 Å². The Bertz CT molecular complexity index is 499. The summed E-state index contributed by atoms with van der Waals surface area (Å²) < 4.78 is 5.13. The number of imide groups is 1. The van der Waals surface area contributed by atoms with Crippen molar-refractivity contribution in [1.29, 1.82) is 0 Å². The Hall–Kier alpha value is -2.52. The van der Waals surface area contributed by atoms with E-state index in [4.69, 9.17) is 4.74 Å². The first kappa shape index (κ1) is 20.5. The molecule has 1 saturated heterocycles. The SMILES string of the molecule is CN=C(NCCCNC(=O)OC(C)(C)C)NCCN1C(=O)CNC1=O. The molecule has 4 amide bonds. The van der Waals surface area contributed by atoms with Gasteiger partial charge in [0.05, 0.1) is 6.54 Å². The van der Waals surface area contributed by atoms with E-state index in [1.165, 1.54) is 0 Å². The minimum absolute atomic E-state index is 0.0520. The summed E-state index contributed by atoms with van der Waals surface area (Å²) in [5.41, 5.74) is -0.512. The number of alkyl carbamates (subject to hydrolysis) is 1. The molecule has 0 aromatic carbocycles. The number of carbonyl (C=O) groups excluding carboxylic acids is 3. The van der Waals surface area contributed by atoms with Gasteiger partial charge in [-0.05, 0) is 27.2 Å². The fourth-order valence-electron chi connectivity index (χ4n) is 1.99. The number of guanidine groups is 1. The fraction of sp³-hybridized carbons (Fsp3) is 0.733. The van der Waals surface area contributed by atoms with Crippen LogP contribution in [0.4, 0.5) is 9.59 Å². The van der Waals surface area contributed by atoms with Gasteiger partial charge < -0.3 is 26.0 Å². The predicted octanol–water partition coefficient (Wildman–Crippen LogP) is -0.382. The molecule has 4 N–H and O–H groups in total. The molecule has 1 rings (SSSR count). The van der Waals surface area contributed by atoms with Crippen molar-refractivity contribution in [2.24, 2.45) is 4.99 Å². The molecule has 0 aliphatic carbocycles. The number of hydrogen-bond donors (Lipinski definition) is 4. The molecular formula is C15H28N6O4. The number of urea groups is 1. The molecule has 10 nitrogen and oxygen atoms in total. The number of aliphatic imine (C=N–C) groups is 1. The fourth-order valence-corrected chi connectivity index (χ4v) is 1.99. The molecule has 0 saturated carbocycles. The summed E-state index contributed by atoms with van der Waals surface area (Å²) in [6.45, 7) is 7.21. The number of nitrogens with zero attached hydrogens (tertiary/aromatic N) is 2. The second-order valence-electron chi connectivity index (χ2n) is 6.41. The minimum Gasteiger partial charge on any atom is -0.444 e. The summed E-state index contributed by atoms with van der Waals surface area (Å²) in [6.07, 6.45) is 0.246. The first-order valence-corrected chi connectivity index (χ1v) is 8.22. The molecule has 0 aromatic heterocycles. The molecule has 1 heterocycles. The molecule has 142 valence electrons. The summed E-state index contributed by atoms with van der Waals surface area (Å²) in [6, 6.07) is -0.372. The third kappa shape index (κ3) is 8.23. The van der Waals surface area contributed by atoms with Crippen LogP contribution in [0, 0.1) is 0 Å². The van der Waals surface area contributed by atoms with E-state index in [0.29, 0.717) is 32.0 Å². The van der Waals surface area contributed by atoms with Gasteiger partial charge in [-0.2, -0.15) is 0 Å². The Morgan fingerprint density at radius 1 is 1.20 bits per heavy atom. The van der Waals surface area contributed by atoms with Crippen LogP contribution in [-0.2, 0) is 9.53 Å². The van der Waals surface area contributed by atoms with Crippen LogP contribution in [-0.4, -0.2) is 74.3 Å². The molecule has 0 atom stereocenters. The van der Waals surface area contributed by atoms with Gasteiger partial charge in [0, 0.05) is 33.2 Å². The zero-order valence-corrected chi connectivity index (χ0v) is 15.3. The van der Waals surface area contributed by atoms with Gasteiger partial charge in [0.25, 0.3) is 0 Å². The van der Waals surface area contributed by atoms with Crippen LogP contribution in [0.2, 0.25) is 0 Å². The van der Waals surface area contributed by atoms with Crippen LogP contribution in [0.5, 0.6) is 0 Å². The molecule has 0 spiro atoms. The second-order valence-corrected chi connectivity index (χ2v) is 6.41. The third-order valence-corrected chi connectivity index (χ3v) is 3.10. The van der Waals surface area contributed by atoms with Crippen LogP contribution in [0.25, 0.3) is 0 Å². The molecule has 25 heavy (non-hydrogen) atoms. The van der Waals surface area contributed by atoms with Gasteiger partial charge in [-0.25, -0.2) is 9.59 Å². The highest BCUT2D eigenvalue weighted by Crippen LogP contribution is 2.06. The number of amides is 4. The molecular weight excluding hydrogens is 328 g/mol. The maximum absolute atomic E-state index is 11.5. The van der Waals surface area contributed by atoms with Gasteiger partial charge in [-0.1, -0.05) is 0 Å². The monoisotopic (exact) mass is 356 g/mol. The van der Waals surface area contributed by atoms with Crippen molar-refractivity contribution < 1.29 is 19.1 Å². The summed E-state index contributed by atoms with van der Waals surface area (Å²) in [7, 11) is 1.63. The Balaban J connectivity index is 2.13. The van der Waals surface area contributed by atoms with Gasteiger partial charge in [0.2, 0.25) is 5.91 Å². The average molecular weight is 356 g/mol. The lowest BCUT2D eigenvalue weighted by atomic mass is 10.2. The highest BCUT2D eigenvalue weighted by atomic mass is 16.6. The zero-order valence-electron chi connectivity index (χ0n) is 15.3. The Morgan fingerprint density at radius 2 is 1.84 bits per heavy atom. The second kappa shape index (κ2) is 9.70. The maximum atomic E-state index is 11.5. The van der Waals surface area contributed by atoms with Gasteiger partial charge in [0.15, 0.2) is 5.96 Å². The third-order valence-electron chi connectivity index (χ3n) is 3.10. The van der Waals surface area contributed by atoms with Crippen LogP contribution in [0.15, 0.2) is 4.99 Å². The highest BCUT2D eigenvalue weighted by Gasteiger charge is 2.27. The lowest BCUT2D eigenvalue weighted by Gasteiger charge is -2.19. The van der Waals surface area contributed by atoms with Crippen LogP contribution < -0.4 is 21.3 Å². The van der Waals surface area contributed by atoms with E-state index < -0.39 is 11.7 Å². The first-order valence-electron chi connectivity index (χ1n) is 8.22. The van der Waals surface area contributed by atoms with Crippen molar-refractivity contribution in [2.45, 2.75) is 32.8 Å². The molecule has 1 fully saturated rings. The van der Waals surface area contributed by atoms with Crippen molar-refractivity contribution >= 4 is 24.0 Å². The number of ether oxygens (including phenoxy) is 1. The molecule has 0 aromatic rings. The lowest BCUT2D eigenvalue weighted by Crippen LogP contribution is -2.43. The standard InChI is InChI=1S/C15H28N6O4/c1-15(2,3)25-14(24)19-7-5-6-17-12(16-4)18-8-9-21-11(22)10-20-13(21)23/h5-10H2,1-4H3,(H,19,24)(H,20,23)(H2,16,17,18). The lowest BCUT2D eigenvalue weighted by molar-refractivity contribution is -0.124. The number of hydrogen-bond acceptors (Lipinski definition) is 5. The summed E-state index contributed by atoms with van der Waals surface area (Å²) in [5.74, 6) is 0.326. The first-order chi connectivity index (χ1) is 11.7. The topological polar surface area (TPSA) is 124 Å². The van der Waals surface area contributed by atoms with Gasteiger partial charge in [-0.15, -0.1) is 0 Å². The molecule has 0 bridgehead atoms. The average Bonchev–Trinajstić information content (AvgIpc) is 2.82. The van der Waals surface area contributed by atoms with E-state index in [1.54, 1.807) is 7.05 Å². The maximum Gasteiger partial charge on any atom is 0.407 e. The Morgan fingerprint density at radius 3 is 2.40 bits per heavy atom. The van der Waals surface area contributed by atoms with Crippen LogP contribution in [0.1, 0.15) is 27.2 Å². The van der Waals surface area contributed by atoms with E-state index in [9.17, 15) is 14.4 Å². The smallest absolute Gasteiger partial charge is 0.407 e. The minimum atomic E-state index is -0.512. The van der Waals surface area contributed by atoms with Gasteiger partial charge >= 0.3 is 12.1 Å². The van der Waals surface area contributed by atoms with E-state index in [1.807, 2.05) is 20.8 Å². The number of nitrogens with one attached hydrogen (secondary N) is 4. The van der Waals surface area contributed by atoms with Crippen molar-refractivity contribution in [3.05, 3.63) is 0 Å². The Kier molecular flexibility index (Phi) is 7.96. The van der Waals surface area contributed by atoms with Crippen molar-refractivity contribution in [1.82, 2.24) is 26.2 Å². The van der Waals surface area contributed by atoms with Crippen LogP contribution in [0.3, 0.4) is 0 Å². The van der Waals surface area contributed by atoms with Gasteiger partial charge in [0.1, 0.15) is 5.60 Å².